The maximum absolute atomic E-state index is 10.5. The van der Waals surface area contributed by atoms with Gasteiger partial charge in [0.1, 0.15) is 0 Å². The number of pyridine rings is 1. The van der Waals surface area contributed by atoms with E-state index in [-0.39, 0.29) is 6.10 Å². The van der Waals surface area contributed by atoms with E-state index >= 15 is 0 Å². The van der Waals surface area contributed by atoms with Gasteiger partial charge in [0.05, 0.1) is 6.10 Å². The second-order valence-corrected chi connectivity index (χ2v) is 4.33. The predicted octanol–water partition coefficient (Wildman–Crippen LogP) is 3.63. The second kappa shape index (κ2) is 7.82. The number of nitrogens with zero attached hydrogens (tertiary/aromatic N) is 1. The van der Waals surface area contributed by atoms with Crippen molar-refractivity contribution in [1.29, 1.82) is 0 Å². The lowest BCUT2D eigenvalue weighted by Gasteiger charge is -2.13. The van der Waals surface area contributed by atoms with E-state index in [2.05, 4.69) is 18.8 Å². The fourth-order valence-corrected chi connectivity index (χ4v) is 1.65. The predicted molar refractivity (Wildman–Crippen MR) is 68.5 cm³/mol. The van der Waals surface area contributed by atoms with Crippen LogP contribution in [0.2, 0.25) is 0 Å². The summed E-state index contributed by atoms with van der Waals surface area (Å²) >= 11 is 0. The molecule has 0 radical (unpaired) electrons. The van der Waals surface area contributed by atoms with Gasteiger partial charge in [0.15, 0.2) is 6.29 Å². The van der Waals surface area contributed by atoms with Crippen LogP contribution in [0.25, 0.3) is 0 Å². The van der Waals surface area contributed by atoms with Gasteiger partial charge in [-0.1, -0.05) is 26.2 Å². The van der Waals surface area contributed by atoms with E-state index in [0.717, 1.165) is 12.7 Å². The quantitative estimate of drug-likeness (QED) is 0.510. The average molecular weight is 235 g/mol. The number of unbranched alkanes of at least 4 members (excludes halogenated alkanes) is 3. The molecule has 1 aromatic heterocycles. The molecule has 0 aliphatic heterocycles. The van der Waals surface area contributed by atoms with E-state index in [1.807, 2.05) is 0 Å². The van der Waals surface area contributed by atoms with Crippen molar-refractivity contribution in [3.8, 4) is 5.88 Å². The highest BCUT2D eigenvalue weighted by molar-refractivity contribution is 5.73. The minimum Gasteiger partial charge on any atom is -0.475 e. The van der Waals surface area contributed by atoms with E-state index in [9.17, 15) is 4.79 Å². The van der Waals surface area contributed by atoms with Crippen LogP contribution in [0.5, 0.6) is 5.88 Å². The number of hydrogen-bond donors (Lipinski definition) is 0. The number of carbonyl (C=O) groups is 1. The molecule has 1 aromatic rings. The van der Waals surface area contributed by atoms with Gasteiger partial charge in [-0.3, -0.25) is 4.79 Å². The van der Waals surface area contributed by atoms with Gasteiger partial charge in [-0.05, 0) is 25.8 Å². The third-order valence-electron chi connectivity index (χ3n) is 2.68. The summed E-state index contributed by atoms with van der Waals surface area (Å²) < 4.78 is 5.67. The van der Waals surface area contributed by atoms with Crippen LogP contribution in [-0.4, -0.2) is 17.4 Å². The second-order valence-electron chi connectivity index (χ2n) is 4.33. The Morgan fingerprint density at radius 3 is 2.76 bits per heavy atom. The topological polar surface area (TPSA) is 39.2 Å². The number of ether oxygens (including phenoxy) is 1. The van der Waals surface area contributed by atoms with Crippen molar-refractivity contribution < 1.29 is 9.53 Å². The van der Waals surface area contributed by atoms with Crippen molar-refractivity contribution in [2.45, 2.75) is 52.1 Å². The van der Waals surface area contributed by atoms with Gasteiger partial charge >= 0.3 is 0 Å². The lowest BCUT2D eigenvalue weighted by molar-refractivity contribution is 0.112. The number of rotatable bonds is 8. The van der Waals surface area contributed by atoms with E-state index < -0.39 is 0 Å². The molecule has 0 spiro atoms. The minimum atomic E-state index is 0.182. The third kappa shape index (κ3) is 5.48. The summed E-state index contributed by atoms with van der Waals surface area (Å²) in [5, 5.41) is 0. The summed E-state index contributed by atoms with van der Waals surface area (Å²) in [6.07, 6.45) is 8.56. The molecule has 94 valence electrons. The molecule has 0 saturated carbocycles. The van der Waals surface area contributed by atoms with Crippen LogP contribution >= 0.6 is 0 Å². The first-order valence-electron chi connectivity index (χ1n) is 6.34. The third-order valence-corrected chi connectivity index (χ3v) is 2.68. The fourth-order valence-electron chi connectivity index (χ4n) is 1.65. The summed E-state index contributed by atoms with van der Waals surface area (Å²) in [6, 6.07) is 3.46. The standard InChI is InChI=1S/C14H21NO2/c1-3-4-5-6-7-12(2)17-14-9-8-13(11-16)10-15-14/h8-12H,3-7H2,1-2H3. The van der Waals surface area contributed by atoms with Gasteiger partial charge < -0.3 is 4.74 Å². The average Bonchev–Trinajstić information content (AvgIpc) is 2.36. The number of aromatic nitrogens is 1. The molecule has 0 saturated heterocycles. The highest BCUT2D eigenvalue weighted by Crippen LogP contribution is 2.13. The zero-order chi connectivity index (χ0) is 12.5. The van der Waals surface area contributed by atoms with Gasteiger partial charge in [-0.15, -0.1) is 0 Å². The monoisotopic (exact) mass is 235 g/mol. The van der Waals surface area contributed by atoms with Crippen molar-refractivity contribution in [2.75, 3.05) is 0 Å². The highest BCUT2D eigenvalue weighted by atomic mass is 16.5. The van der Waals surface area contributed by atoms with Crippen LogP contribution in [0.1, 0.15) is 56.3 Å². The maximum atomic E-state index is 10.5. The first-order valence-corrected chi connectivity index (χ1v) is 6.34. The lowest BCUT2D eigenvalue weighted by atomic mass is 10.1. The van der Waals surface area contributed by atoms with Crippen molar-refractivity contribution in [2.24, 2.45) is 0 Å². The van der Waals surface area contributed by atoms with Crippen LogP contribution in [0, 0.1) is 0 Å². The first-order chi connectivity index (χ1) is 8.26. The van der Waals surface area contributed by atoms with E-state index in [1.54, 1.807) is 12.1 Å². The molecule has 3 heteroatoms. The molecule has 0 bridgehead atoms. The Kier molecular flexibility index (Phi) is 6.30. The van der Waals surface area contributed by atoms with E-state index in [4.69, 9.17) is 4.74 Å². The Bertz CT molecular complexity index is 321. The summed E-state index contributed by atoms with van der Waals surface area (Å²) in [7, 11) is 0. The molecule has 0 aliphatic rings. The first kappa shape index (κ1) is 13.7. The van der Waals surface area contributed by atoms with Gasteiger partial charge in [0, 0.05) is 17.8 Å². The lowest BCUT2D eigenvalue weighted by Crippen LogP contribution is -2.12. The number of hydrogen-bond acceptors (Lipinski definition) is 3. The molecule has 1 unspecified atom stereocenters. The summed E-state index contributed by atoms with van der Waals surface area (Å²) in [5.74, 6) is 0.596. The normalized spacial score (nSPS) is 12.1. The molecule has 1 rings (SSSR count). The Morgan fingerprint density at radius 1 is 1.35 bits per heavy atom. The van der Waals surface area contributed by atoms with Crippen LogP contribution < -0.4 is 4.74 Å². The molecule has 0 fully saturated rings. The summed E-state index contributed by atoms with van der Waals surface area (Å²) in [4.78, 5) is 14.5. The summed E-state index contributed by atoms with van der Waals surface area (Å²) in [6.45, 7) is 4.26. The fraction of sp³-hybridized carbons (Fsp3) is 0.571. The van der Waals surface area contributed by atoms with Gasteiger partial charge in [-0.2, -0.15) is 0 Å². The zero-order valence-electron chi connectivity index (χ0n) is 10.7. The minimum absolute atomic E-state index is 0.182. The van der Waals surface area contributed by atoms with Gasteiger partial charge in [0.25, 0.3) is 0 Å². The zero-order valence-corrected chi connectivity index (χ0v) is 10.7. The molecule has 1 heterocycles. The van der Waals surface area contributed by atoms with Crippen LogP contribution in [0.15, 0.2) is 18.3 Å². The molecule has 3 nitrogen and oxygen atoms in total. The summed E-state index contributed by atoms with van der Waals surface area (Å²) in [5.41, 5.74) is 0.577. The van der Waals surface area contributed by atoms with Crippen LogP contribution in [-0.2, 0) is 0 Å². The Balaban J connectivity index is 2.29. The molecule has 0 aromatic carbocycles. The highest BCUT2D eigenvalue weighted by Gasteiger charge is 2.04. The largest absolute Gasteiger partial charge is 0.475 e. The number of aldehydes is 1. The van der Waals surface area contributed by atoms with Crippen molar-refractivity contribution >= 4 is 6.29 Å². The van der Waals surface area contributed by atoms with Gasteiger partial charge in [-0.25, -0.2) is 4.98 Å². The molecule has 0 N–H and O–H groups in total. The smallest absolute Gasteiger partial charge is 0.213 e. The van der Waals surface area contributed by atoms with Crippen LogP contribution in [0.4, 0.5) is 0 Å². The molecular weight excluding hydrogens is 214 g/mol. The molecular formula is C14H21NO2. The Hall–Kier alpha value is -1.38. The molecule has 0 amide bonds. The molecule has 17 heavy (non-hydrogen) atoms. The van der Waals surface area contributed by atoms with Crippen molar-refractivity contribution in [3.63, 3.8) is 0 Å². The Morgan fingerprint density at radius 2 is 2.18 bits per heavy atom. The molecule has 1 atom stereocenters. The van der Waals surface area contributed by atoms with Crippen LogP contribution in [0.3, 0.4) is 0 Å². The van der Waals surface area contributed by atoms with E-state index in [0.29, 0.717) is 11.4 Å². The van der Waals surface area contributed by atoms with Gasteiger partial charge in [0.2, 0.25) is 5.88 Å². The Labute approximate surface area is 103 Å². The van der Waals surface area contributed by atoms with Crippen molar-refractivity contribution in [3.05, 3.63) is 23.9 Å². The van der Waals surface area contributed by atoms with Crippen molar-refractivity contribution in [1.82, 2.24) is 4.98 Å². The number of carbonyl (C=O) groups excluding carboxylic acids is 1. The maximum Gasteiger partial charge on any atom is 0.213 e. The molecule has 0 aliphatic carbocycles. The van der Waals surface area contributed by atoms with E-state index in [1.165, 1.54) is 31.9 Å². The SMILES string of the molecule is CCCCCCC(C)Oc1ccc(C=O)cn1.